The third kappa shape index (κ3) is 3.75. The highest BCUT2D eigenvalue weighted by molar-refractivity contribution is 5.87. The van der Waals surface area contributed by atoms with E-state index in [1.165, 1.54) is 11.1 Å². The van der Waals surface area contributed by atoms with Crippen LogP contribution < -0.4 is 0 Å². The highest BCUT2D eigenvalue weighted by Crippen LogP contribution is 2.45. The molecule has 0 aromatic heterocycles. The molecule has 1 aliphatic carbocycles. The second kappa shape index (κ2) is 7.27. The molecule has 2 aliphatic heterocycles. The first-order valence-electron chi connectivity index (χ1n) is 10.3. The van der Waals surface area contributed by atoms with Crippen molar-refractivity contribution in [2.24, 2.45) is 11.3 Å². The molecule has 5 heteroatoms. The Morgan fingerprint density at radius 2 is 1.81 bits per heavy atom. The minimum Gasteiger partial charge on any atom is -0.480 e. The number of carboxylic acid groups (broad SMARTS) is 1. The minimum absolute atomic E-state index is 0.00557. The number of piperidine rings is 1. The van der Waals surface area contributed by atoms with Gasteiger partial charge >= 0.3 is 5.97 Å². The summed E-state index contributed by atoms with van der Waals surface area (Å²) in [7, 11) is 0. The second-order valence-corrected chi connectivity index (χ2v) is 8.70. The molecule has 27 heavy (non-hydrogen) atoms. The molecule has 3 fully saturated rings. The van der Waals surface area contributed by atoms with Gasteiger partial charge in [0.05, 0.1) is 0 Å². The zero-order valence-electron chi connectivity index (χ0n) is 16.2. The van der Waals surface area contributed by atoms with E-state index < -0.39 is 12.0 Å². The number of benzene rings is 1. The van der Waals surface area contributed by atoms with Crippen molar-refractivity contribution in [3.05, 3.63) is 35.4 Å². The first-order chi connectivity index (χ1) is 13.0. The molecule has 1 unspecified atom stereocenters. The summed E-state index contributed by atoms with van der Waals surface area (Å²) in [5.41, 5.74) is 2.80. The Morgan fingerprint density at radius 3 is 2.41 bits per heavy atom. The van der Waals surface area contributed by atoms with E-state index >= 15 is 0 Å². The number of carbonyl (C=O) groups excluding carboxylic acids is 1. The molecule has 1 aromatic carbocycles. The normalized spacial score (nSPS) is 25.1. The molecule has 2 saturated heterocycles. The highest BCUT2D eigenvalue weighted by atomic mass is 16.4. The fraction of sp³-hybridized carbons (Fsp3) is 0.636. The van der Waals surface area contributed by atoms with E-state index in [-0.39, 0.29) is 17.2 Å². The first kappa shape index (κ1) is 18.5. The Kier molecular flexibility index (Phi) is 4.97. The van der Waals surface area contributed by atoms with Gasteiger partial charge in [0, 0.05) is 19.0 Å². The number of aryl methyl sites for hydroxylation is 1. The number of rotatable bonds is 5. The molecule has 146 valence electrons. The first-order valence-corrected chi connectivity index (χ1v) is 10.3. The summed E-state index contributed by atoms with van der Waals surface area (Å²) in [4.78, 5) is 28.5. The predicted molar refractivity (Wildman–Crippen MR) is 103 cm³/mol. The molecule has 1 amide bonds. The average Bonchev–Trinajstić information content (AvgIpc) is 3.45. The molecular weight excluding hydrogens is 340 g/mol. The Bertz CT molecular complexity index is 720. The van der Waals surface area contributed by atoms with Crippen LogP contribution >= 0.6 is 0 Å². The number of amides is 1. The summed E-state index contributed by atoms with van der Waals surface area (Å²) in [6, 6.07) is 8.01. The number of carbonyl (C=O) groups is 2. The van der Waals surface area contributed by atoms with Crippen LogP contribution in [0.5, 0.6) is 0 Å². The van der Waals surface area contributed by atoms with E-state index in [2.05, 4.69) is 36.1 Å². The van der Waals surface area contributed by atoms with Crippen LogP contribution in [0.25, 0.3) is 0 Å². The maximum atomic E-state index is 12.6. The number of likely N-dealkylation sites (tertiary alicyclic amines) is 2. The van der Waals surface area contributed by atoms with E-state index in [4.69, 9.17) is 0 Å². The summed E-state index contributed by atoms with van der Waals surface area (Å²) < 4.78 is 0. The molecule has 4 rings (SSSR count). The van der Waals surface area contributed by atoms with Crippen LogP contribution in [0, 0.1) is 11.3 Å². The van der Waals surface area contributed by atoms with Crippen molar-refractivity contribution in [3.8, 4) is 0 Å². The van der Waals surface area contributed by atoms with Gasteiger partial charge in [-0.3, -0.25) is 9.69 Å². The molecule has 5 nitrogen and oxygen atoms in total. The highest BCUT2D eigenvalue weighted by Gasteiger charge is 2.51. The molecular formula is C22H30N2O3. The topological polar surface area (TPSA) is 60.9 Å². The van der Waals surface area contributed by atoms with Crippen molar-refractivity contribution in [1.82, 2.24) is 9.80 Å². The van der Waals surface area contributed by atoms with Crippen molar-refractivity contribution in [2.75, 3.05) is 19.6 Å². The monoisotopic (exact) mass is 370 g/mol. The van der Waals surface area contributed by atoms with E-state index in [0.717, 1.165) is 51.7 Å². The molecule has 1 saturated carbocycles. The number of nitrogens with zero attached hydrogens (tertiary/aromatic N) is 2. The lowest BCUT2D eigenvalue weighted by Crippen LogP contribution is -2.43. The van der Waals surface area contributed by atoms with Crippen LogP contribution in [0.3, 0.4) is 0 Å². The van der Waals surface area contributed by atoms with Gasteiger partial charge in [0.15, 0.2) is 0 Å². The predicted octanol–water partition coefficient (Wildman–Crippen LogP) is 2.93. The molecule has 1 N–H and O–H groups in total. The zero-order chi connectivity index (χ0) is 19.0. The summed E-state index contributed by atoms with van der Waals surface area (Å²) in [6.45, 7) is 5.76. The third-order valence-electron chi connectivity index (χ3n) is 6.81. The lowest BCUT2D eigenvalue weighted by molar-refractivity contribution is -0.148. The van der Waals surface area contributed by atoms with Crippen LogP contribution in [0.15, 0.2) is 24.3 Å². The molecule has 0 radical (unpaired) electrons. The van der Waals surface area contributed by atoms with Crippen LogP contribution in [-0.4, -0.2) is 52.5 Å². The standard InChI is InChI=1S/C22H30N2O3/c1-2-16-5-3-4-6-18(16)14-23-11-9-22(10-12-23)13-19(21(26)27)24(15-22)20(25)17-7-8-17/h3-6,17,19H,2,7-15H2,1H3,(H,26,27). The Labute approximate surface area is 161 Å². The number of carboxylic acids is 1. The van der Waals surface area contributed by atoms with Crippen LogP contribution in [0.2, 0.25) is 0 Å². The third-order valence-corrected chi connectivity index (χ3v) is 6.81. The van der Waals surface area contributed by atoms with E-state index in [1.807, 2.05) is 0 Å². The van der Waals surface area contributed by atoms with Crippen molar-refractivity contribution in [2.45, 2.75) is 58.0 Å². The fourth-order valence-electron chi connectivity index (χ4n) is 4.92. The summed E-state index contributed by atoms with van der Waals surface area (Å²) in [6.07, 6.45) is 5.50. The molecule has 1 aromatic rings. The Morgan fingerprint density at radius 1 is 1.15 bits per heavy atom. The summed E-state index contributed by atoms with van der Waals surface area (Å²) in [5, 5.41) is 9.65. The van der Waals surface area contributed by atoms with Gasteiger partial charge in [-0.2, -0.15) is 0 Å². The summed E-state index contributed by atoms with van der Waals surface area (Å²) in [5.74, 6) is -0.661. The van der Waals surface area contributed by atoms with Crippen molar-refractivity contribution in [3.63, 3.8) is 0 Å². The van der Waals surface area contributed by atoms with E-state index in [1.54, 1.807) is 4.90 Å². The summed E-state index contributed by atoms with van der Waals surface area (Å²) >= 11 is 0. The number of hydrogen-bond donors (Lipinski definition) is 1. The molecule has 0 bridgehead atoms. The van der Waals surface area contributed by atoms with Gasteiger partial charge in [0.2, 0.25) is 5.91 Å². The fourth-order valence-corrected chi connectivity index (χ4v) is 4.92. The van der Waals surface area contributed by atoms with Gasteiger partial charge in [-0.1, -0.05) is 31.2 Å². The average molecular weight is 370 g/mol. The molecule has 1 atom stereocenters. The van der Waals surface area contributed by atoms with Crippen LogP contribution in [-0.2, 0) is 22.6 Å². The van der Waals surface area contributed by atoms with Gasteiger partial charge in [-0.25, -0.2) is 4.79 Å². The van der Waals surface area contributed by atoms with Crippen LogP contribution in [0.1, 0.15) is 50.2 Å². The zero-order valence-corrected chi connectivity index (χ0v) is 16.2. The van der Waals surface area contributed by atoms with Gasteiger partial charge < -0.3 is 10.0 Å². The quantitative estimate of drug-likeness (QED) is 0.866. The Balaban J connectivity index is 1.40. The number of hydrogen-bond acceptors (Lipinski definition) is 3. The van der Waals surface area contributed by atoms with Gasteiger partial charge in [0.1, 0.15) is 6.04 Å². The largest absolute Gasteiger partial charge is 0.480 e. The SMILES string of the molecule is CCc1ccccc1CN1CCC2(CC1)CC(C(=O)O)N(C(=O)C1CC1)C2. The Hall–Kier alpha value is -1.88. The lowest BCUT2D eigenvalue weighted by Gasteiger charge is -2.39. The minimum atomic E-state index is -0.833. The van der Waals surface area contributed by atoms with Crippen molar-refractivity contribution in [1.29, 1.82) is 0 Å². The van der Waals surface area contributed by atoms with Crippen molar-refractivity contribution >= 4 is 11.9 Å². The smallest absolute Gasteiger partial charge is 0.326 e. The van der Waals surface area contributed by atoms with Gasteiger partial charge in [0.25, 0.3) is 0 Å². The van der Waals surface area contributed by atoms with Crippen LogP contribution in [0.4, 0.5) is 0 Å². The van der Waals surface area contributed by atoms with E-state index in [0.29, 0.717) is 13.0 Å². The van der Waals surface area contributed by atoms with Crippen molar-refractivity contribution < 1.29 is 14.7 Å². The maximum Gasteiger partial charge on any atom is 0.326 e. The molecule has 3 aliphatic rings. The lowest BCUT2D eigenvalue weighted by atomic mass is 9.76. The van der Waals surface area contributed by atoms with E-state index in [9.17, 15) is 14.7 Å². The maximum absolute atomic E-state index is 12.6. The second-order valence-electron chi connectivity index (χ2n) is 8.70. The number of aliphatic carboxylic acids is 1. The van der Waals surface area contributed by atoms with Gasteiger partial charge in [-0.05, 0) is 68.2 Å². The molecule has 2 heterocycles. The molecule has 1 spiro atoms. The van der Waals surface area contributed by atoms with Gasteiger partial charge in [-0.15, -0.1) is 0 Å².